The van der Waals surface area contributed by atoms with Crippen molar-refractivity contribution in [3.8, 4) is 0 Å². The van der Waals surface area contributed by atoms with E-state index in [-0.39, 0.29) is 0 Å². The van der Waals surface area contributed by atoms with Crippen LogP contribution in [0, 0.1) is 14.1 Å². The largest absolute Gasteiger partial charge is 0.389 e. The van der Waals surface area contributed by atoms with Crippen LogP contribution in [0.5, 0.6) is 0 Å². The quantitative estimate of drug-likeness (QED) is 0.374. The summed E-state index contributed by atoms with van der Waals surface area (Å²) in [7, 11) is 0. The third-order valence-electron chi connectivity index (χ3n) is 4.51. The summed E-state index contributed by atoms with van der Waals surface area (Å²) in [4.78, 5) is 4.23. The fourth-order valence-corrected chi connectivity index (χ4v) is 4.32. The first kappa shape index (κ1) is 17.3. The van der Waals surface area contributed by atoms with Gasteiger partial charge in [0, 0.05) is 41.3 Å². The van der Waals surface area contributed by atoms with Gasteiger partial charge in [-0.3, -0.25) is 0 Å². The van der Waals surface area contributed by atoms with Gasteiger partial charge in [-0.05, 0) is 88.5 Å². The van der Waals surface area contributed by atoms with Crippen LogP contribution in [0.25, 0.3) is 21.8 Å². The number of fused-ring (bicyclic) bond motifs is 3. The predicted molar refractivity (Wildman–Crippen MR) is 118 cm³/mol. The summed E-state index contributed by atoms with van der Waals surface area (Å²) >= 11 is 4.70. The van der Waals surface area contributed by atoms with Crippen molar-refractivity contribution in [2.75, 3.05) is 0 Å². The van der Waals surface area contributed by atoms with E-state index in [1.807, 2.05) is 17.7 Å². The molecule has 0 amide bonds. The van der Waals surface area contributed by atoms with Gasteiger partial charge in [0.15, 0.2) is 0 Å². The highest BCUT2D eigenvalue weighted by Gasteiger charge is 2.15. The topological polar surface area (TPSA) is 43.0 Å². The second kappa shape index (κ2) is 6.88. The second-order valence-corrected chi connectivity index (χ2v) is 8.71. The zero-order valence-corrected chi connectivity index (χ0v) is 18.0. The molecule has 4 aromatic rings. The number of nitrogens with zero attached hydrogens (tertiary/aromatic N) is 3. The Bertz CT molecular complexity index is 1010. The molecule has 1 atom stereocenters. The first-order valence-corrected chi connectivity index (χ1v) is 10.2. The molecular weight excluding hydrogens is 540 g/mol. The average molecular weight is 557 g/mol. The molecule has 1 unspecified atom stereocenters. The third-order valence-corrected chi connectivity index (χ3v) is 5.86. The van der Waals surface area contributed by atoms with E-state index in [1.165, 1.54) is 28.9 Å². The minimum Gasteiger partial charge on any atom is -0.389 e. The SMILES string of the molecule is Cc1nccn1CC(O)Cn1c2ccc(I)cc2c2cc(I)ccc21. The molecule has 0 saturated carbocycles. The molecule has 4 nitrogen and oxygen atoms in total. The van der Waals surface area contributed by atoms with Crippen LogP contribution in [0.15, 0.2) is 48.8 Å². The Morgan fingerprint density at radius 1 is 1.00 bits per heavy atom. The Kier molecular flexibility index (Phi) is 4.76. The van der Waals surface area contributed by atoms with Crippen molar-refractivity contribution in [3.63, 3.8) is 0 Å². The van der Waals surface area contributed by atoms with E-state index in [9.17, 15) is 5.11 Å². The van der Waals surface area contributed by atoms with E-state index in [2.05, 4.69) is 91.1 Å². The molecule has 2 heterocycles. The monoisotopic (exact) mass is 557 g/mol. The molecule has 2 aromatic carbocycles. The summed E-state index contributed by atoms with van der Waals surface area (Å²) in [6.45, 7) is 3.05. The maximum Gasteiger partial charge on any atom is 0.105 e. The molecule has 0 fully saturated rings. The van der Waals surface area contributed by atoms with Crippen LogP contribution in [0.4, 0.5) is 0 Å². The van der Waals surface area contributed by atoms with Gasteiger partial charge in [-0.1, -0.05) is 0 Å². The van der Waals surface area contributed by atoms with Crippen molar-refractivity contribution in [1.29, 1.82) is 0 Å². The molecule has 0 spiro atoms. The Labute approximate surface area is 173 Å². The lowest BCUT2D eigenvalue weighted by molar-refractivity contribution is 0.136. The number of rotatable bonds is 4. The van der Waals surface area contributed by atoms with Crippen LogP contribution in [-0.4, -0.2) is 25.3 Å². The van der Waals surface area contributed by atoms with Gasteiger partial charge in [-0.15, -0.1) is 0 Å². The van der Waals surface area contributed by atoms with Gasteiger partial charge >= 0.3 is 0 Å². The minimum atomic E-state index is -0.481. The standard InChI is InChI=1S/C19H17I2N3O/c1-12-22-6-7-23(12)10-15(25)11-24-18-4-2-13(20)8-16(18)17-9-14(21)3-5-19(17)24/h2-9,15,25H,10-11H2,1H3. The molecule has 0 aliphatic rings. The minimum absolute atomic E-state index is 0.481. The smallest absolute Gasteiger partial charge is 0.105 e. The molecule has 0 aliphatic heterocycles. The Balaban J connectivity index is 1.78. The number of imidazole rings is 1. The molecule has 25 heavy (non-hydrogen) atoms. The summed E-state index contributed by atoms with van der Waals surface area (Å²) < 4.78 is 6.66. The molecule has 1 N–H and O–H groups in total. The normalized spacial score (nSPS) is 13.0. The summed E-state index contributed by atoms with van der Waals surface area (Å²) in [5.41, 5.74) is 2.33. The molecule has 128 valence electrons. The summed E-state index contributed by atoms with van der Waals surface area (Å²) in [6.07, 6.45) is 3.20. The van der Waals surface area contributed by atoms with Crippen molar-refractivity contribution in [2.24, 2.45) is 0 Å². The zero-order valence-electron chi connectivity index (χ0n) is 13.7. The van der Waals surface area contributed by atoms with Crippen LogP contribution >= 0.6 is 45.2 Å². The van der Waals surface area contributed by atoms with E-state index in [0.717, 1.165) is 5.82 Å². The van der Waals surface area contributed by atoms with Crippen molar-refractivity contribution in [3.05, 3.63) is 61.8 Å². The number of hydrogen-bond donors (Lipinski definition) is 1. The molecule has 0 saturated heterocycles. The lowest BCUT2D eigenvalue weighted by Gasteiger charge is -2.15. The molecule has 0 aliphatic carbocycles. The first-order valence-electron chi connectivity index (χ1n) is 8.06. The Morgan fingerprint density at radius 2 is 1.60 bits per heavy atom. The van der Waals surface area contributed by atoms with Gasteiger partial charge in [-0.25, -0.2) is 4.98 Å². The van der Waals surface area contributed by atoms with Gasteiger partial charge in [-0.2, -0.15) is 0 Å². The molecule has 0 radical (unpaired) electrons. The van der Waals surface area contributed by atoms with E-state index in [1.54, 1.807) is 6.20 Å². The third kappa shape index (κ3) is 3.31. The van der Waals surface area contributed by atoms with Crippen LogP contribution in [0.1, 0.15) is 5.82 Å². The highest BCUT2D eigenvalue weighted by Crippen LogP contribution is 2.31. The summed E-state index contributed by atoms with van der Waals surface area (Å²) in [6, 6.07) is 13.0. The highest BCUT2D eigenvalue weighted by molar-refractivity contribution is 14.1. The number of aliphatic hydroxyl groups is 1. The van der Waals surface area contributed by atoms with Crippen LogP contribution < -0.4 is 0 Å². The van der Waals surface area contributed by atoms with Gasteiger partial charge < -0.3 is 14.2 Å². The fourth-order valence-electron chi connectivity index (χ4n) is 3.34. The molecule has 0 bridgehead atoms. The number of halogens is 2. The lowest BCUT2D eigenvalue weighted by atomic mass is 10.2. The number of aliphatic hydroxyl groups excluding tert-OH is 1. The van der Waals surface area contributed by atoms with Gasteiger partial charge in [0.25, 0.3) is 0 Å². The molecule has 2 aromatic heterocycles. The maximum absolute atomic E-state index is 10.7. The Morgan fingerprint density at radius 3 is 2.12 bits per heavy atom. The highest BCUT2D eigenvalue weighted by atomic mass is 127. The lowest BCUT2D eigenvalue weighted by Crippen LogP contribution is -2.22. The number of aromatic nitrogens is 3. The van der Waals surface area contributed by atoms with Crippen LogP contribution in [0.3, 0.4) is 0 Å². The van der Waals surface area contributed by atoms with E-state index < -0.39 is 6.10 Å². The summed E-state index contributed by atoms with van der Waals surface area (Å²) in [5, 5.41) is 13.2. The Hall–Kier alpha value is -1.13. The van der Waals surface area contributed by atoms with E-state index >= 15 is 0 Å². The van der Waals surface area contributed by atoms with Crippen molar-refractivity contribution < 1.29 is 5.11 Å². The van der Waals surface area contributed by atoms with Crippen molar-refractivity contribution in [2.45, 2.75) is 26.1 Å². The maximum atomic E-state index is 10.7. The number of hydrogen-bond acceptors (Lipinski definition) is 2. The van der Waals surface area contributed by atoms with Crippen LogP contribution in [-0.2, 0) is 13.1 Å². The first-order chi connectivity index (χ1) is 12.0. The van der Waals surface area contributed by atoms with E-state index in [4.69, 9.17) is 0 Å². The molecule has 4 rings (SSSR count). The van der Waals surface area contributed by atoms with Gasteiger partial charge in [0.05, 0.1) is 19.2 Å². The molecule has 6 heteroatoms. The fraction of sp³-hybridized carbons (Fsp3) is 0.211. The molecular formula is C19H17I2N3O. The zero-order chi connectivity index (χ0) is 17.6. The average Bonchev–Trinajstić information content (AvgIpc) is 3.10. The number of aryl methyl sites for hydroxylation is 1. The van der Waals surface area contributed by atoms with Crippen LogP contribution in [0.2, 0.25) is 0 Å². The number of benzene rings is 2. The van der Waals surface area contributed by atoms with Gasteiger partial charge in [0.2, 0.25) is 0 Å². The predicted octanol–water partition coefficient (Wildman–Crippen LogP) is 4.57. The second-order valence-electron chi connectivity index (χ2n) is 6.21. The summed E-state index contributed by atoms with van der Waals surface area (Å²) in [5.74, 6) is 0.922. The van der Waals surface area contributed by atoms with E-state index in [0.29, 0.717) is 13.1 Å². The van der Waals surface area contributed by atoms with Gasteiger partial charge in [0.1, 0.15) is 5.82 Å². The van der Waals surface area contributed by atoms with Crippen molar-refractivity contribution in [1.82, 2.24) is 14.1 Å². The van der Waals surface area contributed by atoms with Crippen molar-refractivity contribution >= 4 is 67.0 Å².